The number of carbonyl (C=O) groups excluding carboxylic acids is 2. The summed E-state index contributed by atoms with van der Waals surface area (Å²) in [6.45, 7) is 2.01. The van der Waals surface area contributed by atoms with Crippen molar-refractivity contribution in [2.24, 2.45) is 0 Å². The molecule has 1 atom stereocenters. The Hall–Kier alpha value is -3.45. The lowest BCUT2D eigenvalue weighted by Gasteiger charge is -2.25. The summed E-state index contributed by atoms with van der Waals surface area (Å²) in [6, 6.07) is 13.6. The fourth-order valence-corrected chi connectivity index (χ4v) is 4.74. The van der Waals surface area contributed by atoms with Gasteiger partial charge in [0.1, 0.15) is 23.4 Å². The molecule has 1 fully saturated rings. The maximum Gasteiger partial charge on any atom is 0.295 e. The molecule has 1 amide bonds. The van der Waals surface area contributed by atoms with Crippen molar-refractivity contribution in [3.05, 3.63) is 92.9 Å². The fourth-order valence-electron chi connectivity index (χ4n) is 3.69. The van der Waals surface area contributed by atoms with E-state index in [4.69, 9.17) is 4.74 Å². The summed E-state index contributed by atoms with van der Waals surface area (Å²) in [4.78, 5) is 28.3. The lowest BCUT2D eigenvalue weighted by atomic mass is 9.98. The average molecular weight is 437 g/mol. The van der Waals surface area contributed by atoms with E-state index < -0.39 is 17.7 Å². The zero-order chi connectivity index (χ0) is 22.1. The van der Waals surface area contributed by atoms with Gasteiger partial charge in [-0.25, -0.2) is 4.39 Å². The molecule has 2 aromatic carbocycles. The minimum absolute atomic E-state index is 0.0333. The van der Waals surface area contributed by atoms with Crippen LogP contribution in [0.4, 0.5) is 4.39 Å². The third-order valence-electron chi connectivity index (χ3n) is 5.30. The average Bonchev–Trinajstić information content (AvgIpc) is 3.30. The Balaban J connectivity index is 1.85. The van der Waals surface area contributed by atoms with Gasteiger partial charge in [0, 0.05) is 17.0 Å². The molecule has 158 valence electrons. The molecule has 3 aromatic rings. The summed E-state index contributed by atoms with van der Waals surface area (Å²) < 4.78 is 18.5. The van der Waals surface area contributed by atoms with E-state index in [-0.39, 0.29) is 23.7 Å². The van der Waals surface area contributed by atoms with E-state index in [9.17, 15) is 19.1 Å². The van der Waals surface area contributed by atoms with Crippen molar-refractivity contribution in [2.45, 2.75) is 19.5 Å². The third-order valence-corrected chi connectivity index (χ3v) is 6.37. The van der Waals surface area contributed by atoms with Crippen LogP contribution in [0.15, 0.2) is 65.6 Å². The maximum atomic E-state index is 13.3. The molecule has 0 aliphatic carbocycles. The van der Waals surface area contributed by atoms with Gasteiger partial charge in [-0.05, 0) is 53.8 Å². The molecule has 1 aromatic heterocycles. The number of halogens is 1. The first-order valence-corrected chi connectivity index (χ1v) is 10.5. The first kappa shape index (κ1) is 20.8. The number of ether oxygens (including phenoxy) is 1. The second-order valence-electron chi connectivity index (χ2n) is 7.25. The van der Waals surface area contributed by atoms with Gasteiger partial charge >= 0.3 is 0 Å². The Bertz CT molecular complexity index is 1180. The van der Waals surface area contributed by atoms with E-state index in [0.29, 0.717) is 16.9 Å². The Morgan fingerprint density at radius 3 is 2.55 bits per heavy atom. The van der Waals surface area contributed by atoms with Gasteiger partial charge in [-0.1, -0.05) is 24.3 Å². The number of likely N-dealkylation sites (tertiary alicyclic amines) is 1. The summed E-state index contributed by atoms with van der Waals surface area (Å²) >= 11 is 1.42. The Morgan fingerprint density at radius 1 is 1.16 bits per heavy atom. The SMILES string of the molecule is COc1cccc(/C(O)=C2/C(=O)C(=O)N(Cc3ccc(F)cc3)C2c2sccc2C)c1. The molecule has 1 saturated heterocycles. The molecule has 5 nitrogen and oxygen atoms in total. The highest BCUT2D eigenvalue weighted by Gasteiger charge is 2.47. The summed E-state index contributed by atoms with van der Waals surface area (Å²) in [7, 11) is 1.51. The lowest BCUT2D eigenvalue weighted by Crippen LogP contribution is -2.29. The Labute approximate surface area is 183 Å². The molecule has 7 heteroatoms. The topological polar surface area (TPSA) is 66.8 Å². The molecule has 0 bridgehead atoms. The van der Waals surface area contributed by atoms with Crippen molar-refractivity contribution >= 4 is 28.8 Å². The third kappa shape index (κ3) is 3.84. The van der Waals surface area contributed by atoms with E-state index in [2.05, 4.69) is 0 Å². The summed E-state index contributed by atoms with van der Waals surface area (Å²) in [6.07, 6.45) is 0. The number of amides is 1. The molecule has 2 heterocycles. The van der Waals surface area contributed by atoms with Crippen LogP contribution in [0.1, 0.15) is 27.6 Å². The van der Waals surface area contributed by atoms with Crippen LogP contribution in [-0.4, -0.2) is 28.8 Å². The number of aliphatic hydroxyl groups excluding tert-OH is 1. The first-order valence-electron chi connectivity index (χ1n) is 9.62. The second-order valence-corrected chi connectivity index (χ2v) is 8.20. The maximum absolute atomic E-state index is 13.3. The van der Waals surface area contributed by atoms with Gasteiger partial charge in [0.2, 0.25) is 0 Å². The van der Waals surface area contributed by atoms with E-state index >= 15 is 0 Å². The highest BCUT2D eigenvalue weighted by molar-refractivity contribution is 7.10. The van der Waals surface area contributed by atoms with Crippen molar-refractivity contribution in [1.29, 1.82) is 0 Å². The zero-order valence-electron chi connectivity index (χ0n) is 17.0. The number of nitrogens with zero attached hydrogens (tertiary/aromatic N) is 1. The Morgan fingerprint density at radius 2 is 1.90 bits per heavy atom. The normalized spacial score (nSPS) is 17.9. The number of methoxy groups -OCH3 is 1. The van der Waals surface area contributed by atoms with Crippen LogP contribution in [0.5, 0.6) is 5.75 Å². The number of aryl methyl sites for hydroxylation is 1. The fraction of sp³-hybridized carbons (Fsp3) is 0.167. The predicted octanol–water partition coefficient (Wildman–Crippen LogP) is 4.83. The monoisotopic (exact) mass is 437 g/mol. The van der Waals surface area contributed by atoms with Crippen LogP contribution in [0, 0.1) is 12.7 Å². The number of carbonyl (C=O) groups is 2. The zero-order valence-corrected chi connectivity index (χ0v) is 17.8. The number of benzene rings is 2. The number of Topliss-reactive ketones (excluding diaryl/α,β-unsaturated/α-hetero) is 1. The van der Waals surface area contributed by atoms with Crippen LogP contribution in [0.25, 0.3) is 5.76 Å². The standard InChI is InChI=1S/C24H20FNO4S/c1-14-10-11-31-23(14)20-19(21(27)16-4-3-5-18(12-16)30-2)22(28)24(29)26(20)13-15-6-8-17(25)9-7-15/h3-12,20,27H,13H2,1-2H3/b21-19-. The second kappa shape index (κ2) is 8.35. The molecule has 31 heavy (non-hydrogen) atoms. The van der Waals surface area contributed by atoms with Gasteiger partial charge in [0.05, 0.1) is 12.7 Å². The molecule has 0 spiro atoms. The molecule has 1 N–H and O–H groups in total. The molecule has 1 unspecified atom stereocenters. The smallest absolute Gasteiger partial charge is 0.295 e. The molecule has 0 radical (unpaired) electrons. The van der Waals surface area contributed by atoms with E-state index in [0.717, 1.165) is 10.4 Å². The summed E-state index contributed by atoms with van der Waals surface area (Å²) in [5, 5.41) is 13.0. The van der Waals surface area contributed by atoms with Crippen molar-refractivity contribution in [3.8, 4) is 5.75 Å². The first-order chi connectivity index (χ1) is 14.9. The van der Waals surface area contributed by atoms with Gasteiger partial charge in [0.15, 0.2) is 0 Å². The number of rotatable bonds is 5. The molecule has 0 saturated carbocycles. The number of aliphatic hydroxyl groups is 1. The van der Waals surface area contributed by atoms with Crippen molar-refractivity contribution < 1.29 is 23.8 Å². The highest BCUT2D eigenvalue weighted by Crippen LogP contribution is 2.43. The Kier molecular flexibility index (Phi) is 5.61. The van der Waals surface area contributed by atoms with Crippen molar-refractivity contribution in [2.75, 3.05) is 7.11 Å². The lowest BCUT2D eigenvalue weighted by molar-refractivity contribution is -0.140. The summed E-state index contributed by atoms with van der Waals surface area (Å²) in [5.74, 6) is -1.56. The predicted molar refractivity (Wildman–Crippen MR) is 116 cm³/mol. The van der Waals surface area contributed by atoms with E-state index in [1.807, 2.05) is 18.4 Å². The van der Waals surface area contributed by atoms with Gasteiger partial charge in [-0.2, -0.15) is 0 Å². The van der Waals surface area contributed by atoms with E-state index in [1.54, 1.807) is 36.4 Å². The minimum atomic E-state index is -0.750. The van der Waals surface area contributed by atoms with Gasteiger partial charge in [0.25, 0.3) is 11.7 Å². The highest BCUT2D eigenvalue weighted by atomic mass is 32.1. The van der Waals surface area contributed by atoms with Gasteiger partial charge < -0.3 is 14.7 Å². The van der Waals surface area contributed by atoms with E-state index in [1.165, 1.54) is 35.5 Å². The quantitative estimate of drug-likeness (QED) is 0.353. The number of ketones is 1. The van der Waals surface area contributed by atoms with Crippen LogP contribution in [-0.2, 0) is 16.1 Å². The minimum Gasteiger partial charge on any atom is -0.507 e. The van der Waals surface area contributed by atoms with Crippen LogP contribution in [0.2, 0.25) is 0 Å². The van der Waals surface area contributed by atoms with Crippen LogP contribution < -0.4 is 4.74 Å². The largest absolute Gasteiger partial charge is 0.507 e. The molecular weight excluding hydrogens is 417 g/mol. The number of thiophene rings is 1. The molecule has 4 rings (SSSR count). The molecule has 1 aliphatic heterocycles. The van der Waals surface area contributed by atoms with Crippen LogP contribution in [0.3, 0.4) is 0 Å². The molecular formula is C24H20FNO4S. The van der Waals surface area contributed by atoms with Crippen molar-refractivity contribution in [1.82, 2.24) is 4.90 Å². The van der Waals surface area contributed by atoms with Crippen molar-refractivity contribution in [3.63, 3.8) is 0 Å². The number of hydrogen-bond acceptors (Lipinski definition) is 5. The molecule has 1 aliphatic rings. The van der Waals surface area contributed by atoms with Crippen LogP contribution >= 0.6 is 11.3 Å². The van der Waals surface area contributed by atoms with Gasteiger partial charge in [-0.15, -0.1) is 11.3 Å². The summed E-state index contributed by atoms with van der Waals surface area (Å²) in [5.41, 5.74) is 2.02. The van der Waals surface area contributed by atoms with Gasteiger partial charge in [-0.3, -0.25) is 9.59 Å². The number of hydrogen-bond donors (Lipinski definition) is 1.